The van der Waals surface area contributed by atoms with Crippen LogP contribution in [-0.4, -0.2) is 5.78 Å². The molecule has 1 aromatic carbocycles. The second-order valence-corrected chi connectivity index (χ2v) is 4.44. The summed E-state index contributed by atoms with van der Waals surface area (Å²) in [6, 6.07) is 7.34. The van der Waals surface area contributed by atoms with Gasteiger partial charge in [-0.3, -0.25) is 4.79 Å². The summed E-state index contributed by atoms with van der Waals surface area (Å²) in [6.07, 6.45) is 0.213. The zero-order valence-corrected chi connectivity index (χ0v) is 10.5. The molecule has 0 aliphatic carbocycles. The van der Waals surface area contributed by atoms with E-state index in [4.69, 9.17) is 16.9 Å². The van der Waals surface area contributed by atoms with Gasteiger partial charge in [0.2, 0.25) is 0 Å². The summed E-state index contributed by atoms with van der Waals surface area (Å²) in [4.78, 5) is 10.8. The molecule has 0 fully saturated rings. The van der Waals surface area contributed by atoms with Gasteiger partial charge >= 0.3 is 0 Å². The molecular formula is C11H9BrClNO. The highest BCUT2D eigenvalue weighted by molar-refractivity contribution is 9.09. The summed E-state index contributed by atoms with van der Waals surface area (Å²) in [5, 5.41) is 9.21. The number of benzene rings is 1. The number of alkyl halides is 1. The number of Topliss-reactive ketones (excluding diaryl/α,β-unsaturated/α-hetero) is 1. The van der Waals surface area contributed by atoms with Crippen LogP contribution in [0.3, 0.4) is 0 Å². The van der Waals surface area contributed by atoms with E-state index in [9.17, 15) is 4.79 Å². The van der Waals surface area contributed by atoms with Gasteiger partial charge in [0.15, 0.2) is 0 Å². The Morgan fingerprint density at radius 3 is 2.87 bits per heavy atom. The highest BCUT2D eigenvalue weighted by atomic mass is 79.9. The van der Waals surface area contributed by atoms with Crippen LogP contribution in [0.25, 0.3) is 0 Å². The van der Waals surface area contributed by atoms with E-state index >= 15 is 0 Å². The second kappa shape index (κ2) is 5.29. The Kier molecular flexibility index (Phi) is 4.31. The summed E-state index contributed by atoms with van der Waals surface area (Å²) in [5.41, 5.74) is 1.50. The lowest BCUT2D eigenvalue weighted by molar-refractivity contribution is -0.116. The van der Waals surface area contributed by atoms with Crippen LogP contribution in [0.15, 0.2) is 18.2 Å². The van der Waals surface area contributed by atoms with Crippen LogP contribution >= 0.6 is 27.5 Å². The molecule has 0 saturated heterocycles. The first-order valence-corrected chi connectivity index (χ1v) is 5.66. The standard InChI is InChI=1S/C11H9BrClNO/c1-7(15)11(12)9-3-2-4-10(13)8(9)5-6-14/h2-4,11H,5H2,1H3. The van der Waals surface area contributed by atoms with Gasteiger partial charge < -0.3 is 0 Å². The molecule has 1 rings (SSSR count). The number of rotatable bonds is 3. The second-order valence-electron chi connectivity index (χ2n) is 3.12. The first-order valence-electron chi connectivity index (χ1n) is 4.36. The van der Waals surface area contributed by atoms with Gasteiger partial charge in [-0.15, -0.1) is 0 Å². The molecule has 0 bridgehead atoms. The average Bonchev–Trinajstić information content (AvgIpc) is 2.20. The normalized spacial score (nSPS) is 11.9. The van der Waals surface area contributed by atoms with Gasteiger partial charge in [0.25, 0.3) is 0 Å². The molecule has 4 heteroatoms. The first-order chi connectivity index (χ1) is 7.07. The summed E-state index contributed by atoms with van der Waals surface area (Å²) >= 11 is 9.26. The van der Waals surface area contributed by atoms with Crippen molar-refractivity contribution in [2.75, 3.05) is 0 Å². The van der Waals surface area contributed by atoms with Crippen LogP contribution in [0.2, 0.25) is 5.02 Å². The zero-order valence-electron chi connectivity index (χ0n) is 8.13. The lowest BCUT2D eigenvalue weighted by atomic mass is 10.0. The van der Waals surface area contributed by atoms with Crippen LogP contribution in [0.4, 0.5) is 0 Å². The maximum atomic E-state index is 11.2. The molecule has 0 aromatic heterocycles. The predicted octanol–water partition coefficient (Wildman–Crippen LogP) is 3.43. The van der Waals surface area contributed by atoms with Crippen molar-refractivity contribution in [1.29, 1.82) is 5.26 Å². The van der Waals surface area contributed by atoms with Crippen LogP contribution in [0, 0.1) is 11.3 Å². The number of nitrogens with zero attached hydrogens (tertiary/aromatic N) is 1. The molecule has 0 saturated carbocycles. The molecule has 0 heterocycles. The van der Waals surface area contributed by atoms with Crippen LogP contribution in [0.5, 0.6) is 0 Å². The molecule has 2 nitrogen and oxygen atoms in total. The fraction of sp³-hybridized carbons (Fsp3) is 0.273. The van der Waals surface area contributed by atoms with Gasteiger partial charge in [-0.25, -0.2) is 0 Å². The summed E-state index contributed by atoms with van der Waals surface area (Å²) in [5.74, 6) is -0.00328. The van der Waals surface area contributed by atoms with Crippen molar-refractivity contribution in [3.05, 3.63) is 34.3 Å². The van der Waals surface area contributed by atoms with Crippen molar-refractivity contribution >= 4 is 33.3 Å². The van der Waals surface area contributed by atoms with E-state index in [0.29, 0.717) is 5.02 Å². The molecule has 15 heavy (non-hydrogen) atoms. The molecule has 0 aliphatic rings. The van der Waals surface area contributed by atoms with Crippen molar-refractivity contribution in [2.24, 2.45) is 0 Å². The Hall–Kier alpha value is -0.850. The lowest BCUT2D eigenvalue weighted by Gasteiger charge is -2.12. The number of halogens is 2. The first kappa shape index (κ1) is 12.2. The van der Waals surface area contributed by atoms with Gasteiger partial charge in [-0.2, -0.15) is 5.26 Å². The van der Waals surface area contributed by atoms with Gasteiger partial charge in [0, 0.05) is 5.02 Å². The summed E-state index contributed by atoms with van der Waals surface area (Å²) in [6.45, 7) is 1.50. The van der Waals surface area contributed by atoms with Gasteiger partial charge in [0.05, 0.1) is 17.3 Å². The van der Waals surface area contributed by atoms with Crippen LogP contribution < -0.4 is 0 Å². The fourth-order valence-electron chi connectivity index (χ4n) is 1.30. The van der Waals surface area contributed by atoms with E-state index in [1.54, 1.807) is 18.2 Å². The minimum absolute atomic E-state index is 0.00328. The van der Waals surface area contributed by atoms with E-state index in [-0.39, 0.29) is 17.0 Å². The maximum Gasteiger partial charge on any atom is 0.147 e. The SMILES string of the molecule is CC(=O)C(Br)c1cccc(Cl)c1CC#N. The molecule has 0 spiro atoms. The topological polar surface area (TPSA) is 40.9 Å². The third kappa shape index (κ3) is 2.80. The third-order valence-electron chi connectivity index (χ3n) is 2.04. The van der Waals surface area contributed by atoms with Crippen molar-refractivity contribution in [1.82, 2.24) is 0 Å². The van der Waals surface area contributed by atoms with Crippen molar-refractivity contribution in [2.45, 2.75) is 18.2 Å². The molecule has 1 atom stereocenters. The summed E-state index contributed by atoms with van der Waals surface area (Å²) in [7, 11) is 0. The van der Waals surface area contributed by atoms with E-state index in [1.807, 2.05) is 6.07 Å². The molecule has 0 radical (unpaired) electrons. The fourth-order valence-corrected chi connectivity index (χ4v) is 1.97. The third-order valence-corrected chi connectivity index (χ3v) is 3.53. The number of hydrogen-bond donors (Lipinski definition) is 0. The van der Waals surface area contributed by atoms with Crippen molar-refractivity contribution in [3.63, 3.8) is 0 Å². The molecule has 1 unspecified atom stereocenters. The van der Waals surface area contributed by atoms with Crippen molar-refractivity contribution < 1.29 is 4.79 Å². The minimum Gasteiger partial charge on any atom is -0.298 e. The molecular weight excluding hydrogens is 277 g/mol. The van der Waals surface area contributed by atoms with Gasteiger partial charge in [-0.1, -0.05) is 39.7 Å². The minimum atomic E-state index is -0.389. The Morgan fingerprint density at radius 2 is 2.33 bits per heavy atom. The molecule has 0 amide bonds. The molecule has 1 aromatic rings. The van der Waals surface area contributed by atoms with E-state index in [2.05, 4.69) is 15.9 Å². The lowest BCUT2D eigenvalue weighted by Crippen LogP contribution is -2.05. The number of nitriles is 1. The number of ketones is 1. The van der Waals surface area contributed by atoms with Gasteiger partial charge in [-0.05, 0) is 24.1 Å². The Morgan fingerprint density at radius 1 is 1.67 bits per heavy atom. The highest BCUT2D eigenvalue weighted by Crippen LogP contribution is 2.31. The van der Waals surface area contributed by atoms with E-state index in [0.717, 1.165) is 11.1 Å². The largest absolute Gasteiger partial charge is 0.298 e. The number of carbonyl (C=O) groups excluding carboxylic acids is 1. The number of hydrogen-bond acceptors (Lipinski definition) is 2. The smallest absolute Gasteiger partial charge is 0.147 e. The monoisotopic (exact) mass is 285 g/mol. The number of carbonyl (C=O) groups is 1. The quantitative estimate of drug-likeness (QED) is 0.799. The summed E-state index contributed by atoms with van der Waals surface area (Å²) < 4.78 is 0. The Labute approximate surface area is 102 Å². The molecule has 0 aliphatic heterocycles. The highest BCUT2D eigenvalue weighted by Gasteiger charge is 2.17. The van der Waals surface area contributed by atoms with E-state index in [1.165, 1.54) is 6.92 Å². The Bertz CT molecular complexity index is 425. The van der Waals surface area contributed by atoms with Crippen LogP contribution in [0.1, 0.15) is 22.9 Å². The predicted molar refractivity (Wildman–Crippen MR) is 63.1 cm³/mol. The Balaban J connectivity index is 3.23. The van der Waals surface area contributed by atoms with Crippen LogP contribution in [-0.2, 0) is 11.2 Å². The average molecular weight is 287 g/mol. The zero-order chi connectivity index (χ0) is 11.4. The molecule has 0 N–H and O–H groups in total. The maximum absolute atomic E-state index is 11.2. The molecule has 78 valence electrons. The van der Waals surface area contributed by atoms with Crippen molar-refractivity contribution in [3.8, 4) is 6.07 Å². The van der Waals surface area contributed by atoms with Gasteiger partial charge in [0.1, 0.15) is 5.78 Å². The van der Waals surface area contributed by atoms with E-state index < -0.39 is 0 Å².